The molecule has 0 spiro atoms. The van der Waals surface area contributed by atoms with Crippen LogP contribution in [0.2, 0.25) is 0 Å². The van der Waals surface area contributed by atoms with Crippen LogP contribution in [0.25, 0.3) is 0 Å². The summed E-state index contributed by atoms with van der Waals surface area (Å²) in [5.41, 5.74) is -0.553. The standard InChI is InChI=1S/C10H16O14P2/c1-10(9(14)15,24-26(19,20)21)22-5-2-4(8(12)13)3-6(7(5)11)23-25(16,17)18/h3,5-7,11H,2H2,1H3,(H,12,13)(H,14,15)(H2,16,17,18)(H2,19,20,21)/t5-,6-,7+,10+/m1/s1. The fraction of sp³-hybridized carbons (Fsp3) is 0.600. The molecule has 1 aliphatic carbocycles. The zero-order chi connectivity index (χ0) is 20.5. The number of phosphoric acid groups is 2. The van der Waals surface area contributed by atoms with Crippen molar-refractivity contribution >= 4 is 27.6 Å². The van der Waals surface area contributed by atoms with Crippen LogP contribution in [-0.4, -0.2) is 70.9 Å². The van der Waals surface area contributed by atoms with E-state index in [1.807, 2.05) is 0 Å². The van der Waals surface area contributed by atoms with Gasteiger partial charge in [-0.15, -0.1) is 0 Å². The smallest absolute Gasteiger partial charge is 0.472 e. The average Bonchev–Trinajstić information content (AvgIpc) is 2.39. The van der Waals surface area contributed by atoms with E-state index in [4.69, 9.17) is 34.5 Å². The summed E-state index contributed by atoms with van der Waals surface area (Å²) < 4.78 is 35.0. The number of aliphatic hydroxyl groups excluding tert-OH is 1. The average molecular weight is 422 g/mol. The molecule has 1 rings (SSSR count). The molecule has 0 aliphatic heterocycles. The molecule has 150 valence electrons. The second kappa shape index (κ2) is 7.82. The number of aliphatic carboxylic acids is 2. The molecule has 0 aromatic heterocycles. The van der Waals surface area contributed by atoms with E-state index < -0.39 is 63.7 Å². The van der Waals surface area contributed by atoms with Gasteiger partial charge in [-0.25, -0.2) is 23.2 Å². The van der Waals surface area contributed by atoms with Crippen LogP contribution >= 0.6 is 15.6 Å². The van der Waals surface area contributed by atoms with Gasteiger partial charge in [0.1, 0.15) is 12.2 Å². The van der Waals surface area contributed by atoms with E-state index in [0.29, 0.717) is 13.0 Å². The molecule has 0 aromatic carbocycles. The van der Waals surface area contributed by atoms with E-state index in [2.05, 4.69) is 9.05 Å². The summed E-state index contributed by atoms with van der Waals surface area (Å²) in [7, 11) is -10.6. The molecule has 0 radical (unpaired) electrons. The Morgan fingerprint density at radius 3 is 2.08 bits per heavy atom. The summed E-state index contributed by atoms with van der Waals surface area (Å²) in [5, 5.41) is 28.2. The van der Waals surface area contributed by atoms with Crippen molar-refractivity contribution in [1.82, 2.24) is 0 Å². The summed E-state index contributed by atoms with van der Waals surface area (Å²) in [5.74, 6) is -6.62. The van der Waals surface area contributed by atoms with Gasteiger partial charge in [0.25, 0.3) is 5.79 Å². The number of carboxylic acid groups (broad SMARTS) is 2. The fourth-order valence-electron chi connectivity index (χ4n) is 2.06. The quantitative estimate of drug-likeness (QED) is 0.175. The third kappa shape index (κ3) is 6.52. The van der Waals surface area contributed by atoms with E-state index in [1.165, 1.54) is 0 Å². The maximum absolute atomic E-state index is 11.2. The molecule has 4 atom stereocenters. The van der Waals surface area contributed by atoms with Crippen molar-refractivity contribution in [2.24, 2.45) is 0 Å². The highest BCUT2D eigenvalue weighted by Gasteiger charge is 2.48. The zero-order valence-corrected chi connectivity index (χ0v) is 14.7. The highest BCUT2D eigenvalue weighted by atomic mass is 31.2. The molecule has 14 nitrogen and oxygen atoms in total. The first-order chi connectivity index (χ1) is 11.5. The first kappa shape index (κ1) is 22.9. The minimum absolute atomic E-state index is 0.553. The number of ether oxygens (including phenoxy) is 1. The highest BCUT2D eigenvalue weighted by molar-refractivity contribution is 7.46. The van der Waals surface area contributed by atoms with Crippen molar-refractivity contribution in [2.75, 3.05) is 0 Å². The predicted molar refractivity (Wildman–Crippen MR) is 77.3 cm³/mol. The molecule has 16 heteroatoms. The van der Waals surface area contributed by atoms with E-state index >= 15 is 0 Å². The molecule has 26 heavy (non-hydrogen) atoms. The molecule has 0 aromatic rings. The lowest BCUT2D eigenvalue weighted by atomic mass is 9.92. The van der Waals surface area contributed by atoms with Gasteiger partial charge in [0, 0.05) is 18.9 Å². The Labute approximate surface area is 145 Å². The van der Waals surface area contributed by atoms with Gasteiger partial charge >= 0.3 is 27.6 Å². The number of carboxylic acids is 2. The highest BCUT2D eigenvalue weighted by Crippen LogP contribution is 2.44. The largest absolute Gasteiger partial charge is 0.478 e. The van der Waals surface area contributed by atoms with Gasteiger partial charge in [-0.2, -0.15) is 0 Å². The molecule has 1 aliphatic rings. The Kier molecular flexibility index (Phi) is 6.88. The van der Waals surface area contributed by atoms with Crippen LogP contribution in [0.15, 0.2) is 11.6 Å². The summed E-state index contributed by atoms with van der Waals surface area (Å²) >= 11 is 0. The van der Waals surface area contributed by atoms with Crippen molar-refractivity contribution in [3.8, 4) is 0 Å². The van der Waals surface area contributed by atoms with E-state index in [1.54, 1.807) is 0 Å². The normalized spacial score (nSPS) is 26.7. The fourth-order valence-corrected chi connectivity index (χ4v) is 3.14. The monoisotopic (exact) mass is 422 g/mol. The maximum atomic E-state index is 11.2. The number of aliphatic hydroxyl groups is 1. The number of hydrogen-bond acceptors (Lipinski definition) is 8. The predicted octanol–water partition coefficient (Wildman–Crippen LogP) is -1.46. The van der Waals surface area contributed by atoms with Gasteiger partial charge in [0.05, 0.1) is 6.10 Å². The van der Waals surface area contributed by atoms with Gasteiger partial charge in [-0.05, 0) is 6.08 Å². The van der Waals surface area contributed by atoms with E-state index in [9.17, 15) is 23.8 Å². The first-order valence-electron chi connectivity index (χ1n) is 6.57. The number of hydrogen-bond donors (Lipinski definition) is 7. The molecule has 0 bridgehead atoms. The second-order valence-electron chi connectivity index (χ2n) is 5.24. The summed E-state index contributed by atoms with van der Waals surface area (Å²) in [6.07, 6.45) is -5.70. The summed E-state index contributed by atoms with van der Waals surface area (Å²) in [4.78, 5) is 57.6. The van der Waals surface area contributed by atoms with E-state index in [-0.39, 0.29) is 0 Å². The van der Waals surface area contributed by atoms with Crippen molar-refractivity contribution in [3.63, 3.8) is 0 Å². The Balaban J connectivity index is 3.19. The molecule has 7 N–H and O–H groups in total. The van der Waals surface area contributed by atoms with Gasteiger partial charge in [-0.3, -0.25) is 4.52 Å². The third-order valence-corrected chi connectivity index (χ3v) is 4.20. The van der Waals surface area contributed by atoms with Crippen LogP contribution in [0.4, 0.5) is 0 Å². The topological polar surface area (TPSA) is 238 Å². The van der Waals surface area contributed by atoms with Crippen molar-refractivity contribution in [2.45, 2.75) is 37.4 Å². The molecule has 0 saturated carbocycles. The van der Waals surface area contributed by atoms with Gasteiger partial charge in [0.2, 0.25) is 0 Å². The minimum Gasteiger partial charge on any atom is -0.478 e. The lowest BCUT2D eigenvalue weighted by molar-refractivity contribution is -0.241. The number of carbonyl (C=O) groups is 2. The lowest BCUT2D eigenvalue weighted by Gasteiger charge is -2.37. The van der Waals surface area contributed by atoms with Gasteiger partial charge in [0.15, 0.2) is 0 Å². The Morgan fingerprint density at radius 2 is 1.69 bits per heavy atom. The Morgan fingerprint density at radius 1 is 1.15 bits per heavy atom. The zero-order valence-electron chi connectivity index (χ0n) is 12.9. The van der Waals surface area contributed by atoms with Crippen LogP contribution in [0.5, 0.6) is 0 Å². The first-order valence-corrected chi connectivity index (χ1v) is 9.63. The molecule has 0 amide bonds. The third-order valence-electron chi connectivity index (χ3n) is 3.10. The van der Waals surface area contributed by atoms with Crippen LogP contribution in [0.3, 0.4) is 0 Å². The van der Waals surface area contributed by atoms with Crippen LogP contribution in [0.1, 0.15) is 13.3 Å². The number of phosphoric ester groups is 2. The molecule has 0 fully saturated rings. The van der Waals surface area contributed by atoms with Crippen molar-refractivity contribution < 1.29 is 67.4 Å². The molecule has 0 saturated heterocycles. The van der Waals surface area contributed by atoms with Crippen molar-refractivity contribution in [3.05, 3.63) is 11.6 Å². The molecular formula is C10H16O14P2. The van der Waals surface area contributed by atoms with Crippen LogP contribution < -0.4 is 0 Å². The number of rotatable bonds is 8. The molecule has 0 unspecified atom stereocenters. The van der Waals surface area contributed by atoms with Gasteiger partial charge < -0.3 is 39.6 Å². The van der Waals surface area contributed by atoms with E-state index in [0.717, 1.165) is 0 Å². The van der Waals surface area contributed by atoms with Crippen LogP contribution in [-0.2, 0) is 32.5 Å². The Hall–Kier alpha value is -1.18. The lowest BCUT2D eigenvalue weighted by Crippen LogP contribution is -2.51. The minimum atomic E-state index is -5.39. The second-order valence-corrected chi connectivity index (χ2v) is 7.60. The van der Waals surface area contributed by atoms with Gasteiger partial charge in [-0.1, -0.05) is 0 Å². The van der Waals surface area contributed by atoms with Crippen molar-refractivity contribution in [1.29, 1.82) is 0 Å². The maximum Gasteiger partial charge on any atom is 0.472 e. The SMILES string of the molecule is C[C@](O[C@@H]1CC(C(=O)O)=C[C@@H](OP(=O)(O)O)[C@H]1O)(OP(=O)(O)O)C(=O)O. The summed E-state index contributed by atoms with van der Waals surface area (Å²) in [6, 6.07) is 0. The van der Waals surface area contributed by atoms with Crippen LogP contribution in [0, 0.1) is 0 Å². The molecular weight excluding hydrogens is 406 g/mol. The summed E-state index contributed by atoms with van der Waals surface area (Å²) in [6.45, 7) is 0.582. The Bertz CT molecular complexity index is 690. The molecule has 0 heterocycles.